The molecule has 0 radical (unpaired) electrons. The van der Waals surface area contributed by atoms with Crippen molar-refractivity contribution in [3.63, 3.8) is 0 Å². The summed E-state index contributed by atoms with van der Waals surface area (Å²) in [4.78, 5) is 0. The molecule has 2 aromatic heterocycles. The van der Waals surface area contributed by atoms with Gasteiger partial charge in [0.15, 0.2) is 0 Å². The van der Waals surface area contributed by atoms with E-state index >= 15 is 0 Å². The lowest BCUT2D eigenvalue weighted by Gasteiger charge is -2.20. The number of hydrogen-bond donors (Lipinski definition) is 1. The maximum Gasteiger partial charge on any atom is 0.143 e. The van der Waals surface area contributed by atoms with Crippen LogP contribution < -0.4 is 5.32 Å². The molecule has 0 aliphatic rings. The molecule has 1 N–H and O–H groups in total. The summed E-state index contributed by atoms with van der Waals surface area (Å²) in [6.07, 6.45) is 0. The minimum Gasteiger partial charge on any atom is -0.455 e. The van der Waals surface area contributed by atoms with Gasteiger partial charge < -0.3 is 9.73 Å². The minimum absolute atomic E-state index is 0.876. The molecular formula is C63H41NOS. The van der Waals surface area contributed by atoms with Crippen LogP contribution in [0, 0.1) is 6.92 Å². The van der Waals surface area contributed by atoms with Crippen LogP contribution in [0.5, 0.6) is 0 Å². The van der Waals surface area contributed by atoms with Crippen molar-refractivity contribution in [1.29, 1.82) is 0 Å². The molecule has 2 nitrogen and oxygen atoms in total. The molecule has 0 saturated heterocycles. The van der Waals surface area contributed by atoms with Crippen molar-refractivity contribution < 1.29 is 4.42 Å². The number of furan rings is 1. The number of nitrogens with one attached hydrogen (secondary N) is 1. The Hall–Kier alpha value is -8.24. The maximum absolute atomic E-state index is 7.02. The Morgan fingerprint density at radius 1 is 0.394 bits per heavy atom. The van der Waals surface area contributed by atoms with Crippen molar-refractivity contribution in [2.24, 2.45) is 0 Å². The third kappa shape index (κ3) is 6.23. The first-order chi connectivity index (χ1) is 32.6. The Bertz CT molecular complexity index is 4010. The fourth-order valence-electron chi connectivity index (χ4n) is 10.3. The summed E-state index contributed by atoms with van der Waals surface area (Å²) in [5, 5.41) is 13.5. The molecule has 66 heavy (non-hydrogen) atoms. The van der Waals surface area contributed by atoms with Crippen molar-refractivity contribution in [1.82, 2.24) is 0 Å². The predicted molar refractivity (Wildman–Crippen MR) is 283 cm³/mol. The SMILES string of the molecule is Cc1ccc2oc3c4ccccc4c(-c4cccc5ccccc45)cc3c2c1-c1ccc(-c2ccccc2)cc1-c1ccc2c(sc3ccccc32)c1Nc1ccc(-c2ccccc2)cc1. The van der Waals surface area contributed by atoms with Gasteiger partial charge in [0.25, 0.3) is 0 Å². The van der Waals surface area contributed by atoms with Crippen LogP contribution in [0.25, 0.3) is 119 Å². The van der Waals surface area contributed by atoms with Crippen LogP contribution in [-0.2, 0) is 0 Å². The van der Waals surface area contributed by atoms with Crippen molar-refractivity contribution >= 4 is 86.4 Å². The third-order valence-electron chi connectivity index (χ3n) is 13.4. The zero-order valence-electron chi connectivity index (χ0n) is 36.2. The van der Waals surface area contributed by atoms with Gasteiger partial charge >= 0.3 is 0 Å². The van der Waals surface area contributed by atoms with Crippen molar-refractivity contribution in [2.45, 2.75) is 6.92 Å². The van der Waals surface area contributed by atoms with Crippen LogP contribution in [0.3, 0.4) is 0 Å². The smallest absolute Gasteiger partial charge is 0.143 e. The molecule has 0 unspecified atom stereocenters. The molecule has 0 fully saturated rings. The lowest BCUT2D eigenvalue weighted by molar-refractivity contribution is 0.672. The zero-order chi connectivity index (χ0) is 43.7. The molecule has 13 aromatic rings. The molecule has 2 heterocycles. The van der Waals surface area contributed by atoms with Crippen molar-refractivity contribution in [3.8, 4) is 55.6 Å². The molecule has 13 rings (SSSR count). The number of aryl methyl sites for hydroxylation is 1. The quantitative estimate of drug-likeness (QED) is 0.173. The average Bonchev–Trinajstić information content (AvgIpc) is 3.96. The zero-order valence-corrected chi connectivity index (χ0v) is 37.0. The van der Waals surface area contributed by atoms with Gasteiger partial charge in [0, 0.05) is 42.9 Å². The molecule has 0 bridgehead atoms. The summed E-state index contributed by atoms with van der Waals surface area (Å²) in [6.45, 7) is 2.25. The van der Waals surface area contributed by atoms with Crippen molar-refractivity contribution in [2.75, 3.05) is 5.32 Å². The third-order valence-corrected chi connectivity index (χ3v) is 14.6. The topological polar surface area (TPSA) is 25.2 Å². The second kappa shape index (κ2) is 15.5. The average molecular weight is 860 g/mol. The number of anilines is 2. The van der Waals surface area contributed by atoms with Crippen LogP contribution >= 0.6 is 11.3 Å². The number of fused-ring (bicyclic) bond motifs is 9. The highest BCUT2D eigenvalue weighted by Crippen LogP contribution is 2.51. The monoisotopic (exact) mass is 859 g/mol. The van der Waals surface area contributed by atoms with E-state index in [2.05, 4.69) is 237 Å². The second-order valence-electron chi connectivity index (χ2n) is 17.3. The number of hydrogen-bond acceptors (Lipinski definition) is 3. The number of thiophene rings is 1. The molecule has 11 aromatic carbocycles. The van der Waals surface area contributed by atoms with E-state index in [9.17, 15) is 0 Å². The van der Waals surface area contributed by atoms with Gasteiger partial charge in [-0.1, -0.05) is 188 Å². The van der Waals surface area contributed by atoms with Crippen LogP contribution in [0.2, 0.25) is 0 Å². The molecular weight excluding hydrogens is 819 g/mol. The fourth-order valence-corrected chi connectivity index (χ4v) is 11.5. The first kappa shape index (κ1) is 38.2. The van der Waals surface area contributed by atoms with Gasteiger partial charge in [-0.2, -0.15) is 0 Å². The first-order valence-electron chi connectivity index (χ1n) is 22.6. The van der Waals surface area contributed by atoms with E-state index in [0.29, 0.717) is 0 Å². The molecule has 0 aliphatic heterocycles. The van der Waals surface area contributed by atoms with Crippen LogP contribution in [0.1, 0.15) is 5.56 Å². The highest BCUT2D eigenvalue weighted by Gasteiger charge is 2.24. The molecule has 0 amide bonds. The van der Waals surface area contributed by atoms with E-state index in [-0.39, 0.29) is 0 Å². The Morgan fingerprint density at radius 3 is 1.83 bits per heavy atom. The van der Waals surface area contributed by atoms with Crippen LogP contribution in [-0.4, -0.2) is 0 Å². The summed E-state index contributed by atoms with van der Waals surface area (Å²) in [5.74, 6) is 0. The molecule has 0 spiro atoms. The normalized spacial score (nSPS) is 11.7. The van der Waals surface area contributed by atoms with E-state index in [0.717, 1.165) is 61.0 Å². The maximum atomic E-state index is 7.02. The fraction of sp³-hybridized carbons (Fsp3) is 0.0159. The van der Waals surface area contributed by atoms with E-state index in [1.807, 2.05) is 11.3 Å². The molecule has 310 valence electrons. The van der Waals surface area contributed by atoms with Crippen LogP contribution in [0.4, 0.5) is 11.4 Å². The van der Waals surface area contributed by atoms with Crippen LogP contribution in [0.15, 0.2) is 229 Å². The van der Waals surface area contributed by atoms with E-state index in [4.69, 9.17) is 4.42 Å². The van der Waals surface area contributed by atoms with Gasteiger partial charge in [0.05, 0.1) is 10.4 Å². The van der Waals surface area contributed by atoms with E-state index in [1.54, 1.807) is 0 Å². The molecule has 0 saturated carbocycles. The lowest BCUT2D eigenvalue weighted by Crippen LogP contribution is -1.97. The predicted octanol–water partition coefficient (Wildman–Crippen LogP) is 18.6. The molecule has 0 atom stereocenters. The lowest BCUT2D eigenvalue weighted by atomic mass is 9.85. The van der Waals surface area contributed by atoms with Gasteiger partial charge in [0.2, 0.25) is 0 Å². The van der Waals surface area contributed by atoms with Gasteiger partial charge in [-0.15, -0.1) is 11.3 Å². The largest absolute Gasteiger partial charge is 0.455 e. The first-order valence-corrected chi connectivity index (χ1v) is 23.4. The standard InChI is InChI=1S/C63H41NOS/c1-39-27-36-57-60(56-38-55(48-22-10-11-24-52(48)62(56)65-57)47-25-14-20-43-19-8-9-21-46(43)47)59(39)50-33-30-44(41-17-6-3-7-18-41)37-54(50)51-34-35-53-49-23-12-13-26-58(49)66-63(53)61(51)64-45-31-28-42(29-32-45)40-15-4-2-5-16-40/h2-38,64H,1H3. The summed E-state index contributed by atoms with van der Waals surface area (Å²) < 4.78 is 9.52. The highest BCUT2D eigenvalue weighted by atomic mass is 32.1. The van der Waals surface area contributed by atoms with Gasteiger partial charge in [-0.05, 0) is 115 Å². The van der Waals surface area contributed by atoms with Gasteiger partial charge in [0.1, 0.15) is 11.2 Å². The van der Waals surface area contributed by atoms with Crippen molar-refractivity contribution in [3.05, 3.63) is 230 Å². The van der Waals surface area contributed by atoms with E-state index < -0.39 is 0 Å². The molecule has 0 aliphatic carbocycles. The number of benzene rings is 11. The highest BCUT2D eigenvalue weighted by molar-refractivity contribution is 7.26. The summed E-state index contributed by atoms with van der Waals surface area (Å²) in [5.41, 5.74) is 16.9. The Morgan fingerprint density at radius 2 is 1.03 bits per heavy atom. The Labute approximate surface area is 386 Å². The Balaban J connectivity index is 1.09. The second-order valence-corrected chi connectivity index (χ2v) is 18.3. The molecule has 3 heteroatoms. The Kier molecular flexibility index (Phi) is 8.97. The van der Waals surface area contributed by atoms with Gasteiger partial charge in [-0.25, -0.2) is 0 Å². The van der Waals surface area contributed by atoms with E-state index in [1.165, 1.54) is 75.3 Å². The summed E-state index contributed by atoms with van der Waals surface area (Å²) in [7, 11) is 0. The summed E-state index contributed by atoms with van der Waals surface area (Å²) >= 11 is 1.85. The number of rotatable bonds is 7. The summed E-state index contributed by atoms with van der Waals surface area (Å²) in [6, 6.07) is 81.5. The minimum atomic E-state index is 0.876. The van der Waals surface area contributed by atoms with Gasteiger partial charge in [-0.3, -0.25) is 0 Å².